The summed E-state index contributed by atoms with van der Waals surface area (Å²) in [6.45, 7) is 4.06. The van der Waals surface area contributed by atoms with Crippen molar-refractivity contribution < 1.29 is 14.3 Å². The predicted octanol–water partition coefficient (Wildman–Crippen LogP) is 5.07. The van der Waals surface area contributed by atoms with E-state index in [2.05, 4.69) is 5.32 Å². The third-order valence-corrected chi connectivity index (χ3v) is 4.43. The van der Waals surface area contributed by atoms with Crippen LogP contribution in [0.4, 0.5) is 5.69 Å². The standard InChI is InChI=1S/C23H23NO3/c1-16-9-10-19(15-17(16)2)24-23(25)22(18-7-5-4-6-8-18)27-21-13-11-20(26-3)12-14-21/h4-15,22H,1-3H3,(H,24,25). The number of carbonyl (C=O) groups is 1. The van der Waals surface area contributed by atoms with E-state index < -0.39 is 6.10 Å². The van der Waals surface area contributed by atoms with Gasteiger partial charge in [-0.3, -0.25) is 4.79 Å². The van der Waals surface area contributed by atoms with Crippen LogP contribution in [0, 0.1) is 13.8 Å². The van der Waals surface area contributed by atoms with Gasteiger partial charge in [-0.15, -0.1) is 0 Å². The molecule has 0 aliphatic heterocycles. The highest BCUT2D eigenvalue weighted by Crippen LogP contribution is 2.26. The number of methoxy groups -OCH3 is 1. The molecule has 4 nitrogen and oxygen atoms in total. The molecule has 4 heteroatoms. The van der Waals surface area contributed by atoms with Gasteiger partial charge in [0.25, 0.3) is 5.91 Å². The van der Waals surface area contributed by atoms with Crippen molar-refractivity contribution in [2.75, 3.05) is 12.4 Å². The van der Waals surface area contributed by atoms with Crippen LogP contribution in [0.15, 0.2) is 72.8 Å². The van der Waals surface area contributed by atoms with Gasteiger partial charge in [0.1, 0.15) is 11.5 Å². The summed E-state index contributed by atoms with van der Waals surface area (Å²) in [5, 5.41) is 2.96. The fraction of sp³-hybridized carbons (Fsp3) is 0.174. The number of aryl methyl sites for hydroxylation is 2. The van der Waals surface area contributed by atoms with E-state index in [0.29, 0.717) is 5.75 Å². The molecule has 3 aromatic carbocycles. The highest BCUT2D eigenvalue weighted by molar-refractivity contribution is 5.95. The summed E-state index contributed by atoms with van der Waals surface area (Å²) in [6, 6.07) is 22.5. The summed E-state index contributed by atoms with van der Waals surface area (Å²) < 4.78 is 11.2. The van der Waals surface area contributed by atoms with Gasteiger partial charge >= 0.3 is 0 Å². The summed E-state index contributed by atoms with van der Waals surface area (Å²) in [5.74, 6) is 1.11. The van der Waals surface area contributed by atoms with E-state index in [4.69, 9.17) is 9.47 Å². The summed E-state index contributed by atoms with van der Waals surface area (Å²) in [4.78, 5) is 13.0. The molecule has 0 aromatic heterocycles. The first-order chi connectivity index (χ1) is 13.1. The first-order valence-corrected chi connectivity index (χ1v) is 8.80. The summed E-state index contributed by atoms with van der Waals surface area (Å²) in [7, 11) is 1.61. The number of amides is 1. The Morgan fingerprint density at radius 2 is 1.52 bits per heavy atom. The second-order valence-electron chi connectivity index (χ2n) is 6.37. The van der Waals surface area contributed by atoms with Gasteiger partial charge in [0, 0.05) is 11.3 Å². The summed E-state index contributed by atoms with van der Waals surface area (Å²) >= 11 is 0. The van der Waals surface area contributed by atoms with Crippen LogP contribution in [0.5, 0.6) is 11.5 Å². The number of ether oxygens (including phenoxy) is 2. The molecule has 0 bridgehead atoms. The molecule has 0 fully saturated rings. The van der Waals surface area contributed by atoms with Crippen molar-refractivity contribution >= 4 is 11.6 Å². The average Bonchev–Trinajstić information content (AvgIpc) is 2.70. The zero-order valence-electron chi connectivity index (χ0n) is 15.7. The smallest absolute Gasteiger partial charge is 0.270 e. The van der Waals surface area contributed by atoms with Crippen LogP contribution in [0.25, 0.3) is 0 Å². The topological polar surface area (TPSA) is 47.6 Å². The van der Waals surface area contributed by atoms with Gasteiger partial charge in [-0.05, 0) is 61.4 Å². The number of hydrogen-bond donors (Lipinski definition) is 1. The molecule has 0 aliphatic carbocycles. The number of nitrogens with one attached hydrogen (secondary N) is 1. The normalized spacial score (nSPS) is 11.5. The molecule has 1 atom stereocenters. The van der Waals surface area contributed by atoms with Crippen molar-refractivity contribution in [2.45, 2.75) is 20.0 Å². The Balaban J connectivity index is 1.84. The minimum atomic E-state index is -0.763. The highest BCUT2D eigenvalue weighted by atomic mass is 16.5. The minimum Gasteiger partial charge on any atom is -0.497 e. The molecule has 3 aromatic rings. The lowest BCUT2D eigenvalue weighted by molar-refractivity contribution is -0.123. The zero-order valence-corrected chi connectivity index (χ0v) is 15.7. The molecule has 1 unspecified atom stereocenters. The molecule has 1 amide bonds. The van der Waals surface area contributed by atoms with E-state index in [-0.39, 0.29) is 5.91 Å². The zero-order chi connectivity index (χ0) is 19.2. The number of carbonyl (C=O) groups excluding carboxylic acids is 1. The maximum atomic E-state index is 13.0. The van der Waals surface area contributed by atoms with Crippen LogP contribution in [-0.2, 0) is 4.79 Å². The number of benzene rings is 3. The van der Waals surface area contributed by atoms with Crippen LogP contribution in [-0.4, -0.2) is 13.0 Å². The van der Waals surface area contributed by atoms with Crippen LogP contribution in [0.1, 0.15) is 22.8 Å². The third kappa shape index (κ3) is 4.67. The van der Waals surface area contributed by atoms with E-state index >= 15 is 0 Å². The molecule has 0 radical (unpaired) electrons. The van der Waals surface area contributed by atoms with Gasteiger partial charge in [0.2, 0.25) is 6.10 Å². The Kier molecular flexibility index (Phi) is 5.77. The van der Waals surface area contributed by atoms with E-state index in [9.17, 15) is 4.79 Å². The molecule has 138 valence electrons. The fourth-order valence-electron chi connectivity index (χ4n) is 2.72. The molecule has 0 saturated heterocycles. The lowest BCUT2D eigenvalue weighted by Crippen LogP contribution is -2.25. The summed E-state index contributed by atoms with van der Waals surface area (Å²) in [5.41, 5.74) is 3.85. The lowest BCUT2D eigenvalue weighted by Gasteiger charge is -2.20. The average molecular weight is 361 g/mol. The number of hydrogen-bond acceptors (Lipinski definition) is 3. The van der Waals surface area contributed by atoms with Gasteiger partial charge in [-0.25, -0.2) is 0 Å². The van der Waals surface area contributed by atoms with Gasteiger partial charge in [-0.1, -0.05) is 36.4 Å². The molecule has 3 rings (SSSR count). The molecule has 1 N–H and O–H groups in total. The second-order valence-corrected chi connectivity index (χ2v) is 6.37. The molecular formula is C23H23NO3. The molecular weight excluding hydrogens is 338 g/mol. The SMILES string of the molecule is COc1ccc(OC(C(=O)Nc2ccc(C)c(C)c2)c2ccccc2)cc1. The predicted molar refractivity (Wildman–Crippen MR) is 107 cm³/mol. The van der Waals surface area contributed by atoms with Crippen LogP contribution in [0.2, 0.25) is 0 Å². The molecule has 0 saturated carbocycles. The first kappa shape index (κ1) is 18.5. The van der Waals surface area contributed by atoms with Crippen molar-refractivity contribution in [3.05, 3.63) is 89.5 Å². The lowest BCUT2D eigenvalue weighted by atomic mass is 10.1. The first-order valence-electron chi connectivity index (χ1n) is 8.80. The number of rotatable bonds is 6. The Labute approximate surface area is 159 Å². The Bertz CT molecular complexity index is 905. The Hall–Kier alpha value is -3.27. The van der Waals surface area contributed by atoms with Crippen molar-refractivity contribution in [2.24, 2.45) is 0 Å². The van der Waals surface area contributed by atoms with Crippen molar-refractivity contribution in [1.29, 1.82) is 0 Å². The van der Waals surface area contributed by atoms with E-state index in [1.807, 2.05) is 62.4 Å². The van der Waals surface area contributed by atoms with Gasteiger partial charge in [-0.2, -0.15) is 0 Å². The summed E-state index contributed by atoms with van der Waals surface area (Å²) in [6.07, 6.45) is -0.763. The van der Waals surface area contributed by atoms with E-state index in [1.54, 1.807) is 31.4 Å². The largest absolute Gasteiger partial charge is 0.497 e. The monoisotopic (exact) mass is 361 g/mol. The van der Waals surface area contributed by atoms with Crippen molar-refractivity contribution in [3.8, 4) is 11.5 Å². The fourth-order valence-corrected chi connectivity index (χ4v) is 2.72. The highest BCUT2D eigenvalue weighted by Gasteiger charge is 2.23. The van der Waals surface area contributed by atoms with Crippen LogP contribution < -0.4 is 14.8 Å². The molecule has 27 heavy (non-hydrogen) atoms. The van der Waals surface area contributed by atoms with Crippen molar-refractivity contribution in [1.82, 2.24) is 0 Å². The second kappa shape index (κ2) is 8.41. The Morgan fingerprint density at radius 3 is 2.15 bits per heavy atom. The maximum Gasteiger partial charge on any atom is 0.270 e. The van der Waals surface area contributed by atoms with Gasteiger partial charge < -0.3 is 14.8 Å². The maximum absolute atomic E-state index is 13.0. The number of anilines is 1. The van der Waals surface area contributed by atoms with Crippen LogP contribution >= 0.6 is 0 Å². The molecule has 0 aliphatic rings. The molecule has 0 heterocycles. The quantitative estimate of drug-likeness (QED) is 0.667. The van der Waals surface area contributed by atoms with Gasteiger partial charge in [0.05, 0.1) is 7.11 Å². The van der Waals surface area contributed by atoms with Crippen LogP contribution in [0.3, 0.4) is 0 Å². The van der Waals surface area contributed by atoms with E-state index in [1.165, 1.54) is 5.56 Å². The van der Waals surface area contributed by atoms with E-state index in [0.717, 1.165) is 22.6 Å². The Morgan fingerprint density at radius 1 is 0.852 bits per heavy atom. The van der Waals surface area contributed by atoms with Gasteiger partial charge in [0.15, 0.2) is 0 Å². The molecule has 0 spiro atoms. The third-order valence-electron chi connectivity index (χ3n) is 4.43. The minimum absolute atomic E-state index is 0.222. The van der Waals surface area contributed by atoms with Crippen molar-refractivity contribution in [3.63, 3.8) is 0 Å².